The Balaban J connectivity index is 2.10. The van der Waals surface area contributed by atoms with Gasteiger partial charge in [0.05, 0.1) is 0 Å². The maximum atomic E-state index is 7.42. The van der Waals surface area contributed by atoms with Crippen LogP contribution in [0.3, 0.4) is 0 Å². The lowest BCUT2D eigenvalue weighted by atomic mass is 10.1. The van der Waals surface area contributed by atoms with Crippen molar-refractivity contribution in [2.45, 2.75) is 18.9 Å². The highest BCUT2D eigenvalue weighted by Crippen LogP contribution is 2.27. The van der Waals surface area contributed by atoms with Gasteiger partial charge in [-0.1, -0.05) is 11.6 Å². The Morgan fingerprint density at radius 3 is 2.83 bits per heavy atom. The number of nitrogens with two attached hydrogens (primary N) is 1. The van der Waals surface area contributed by atoms with Gasteiger partial charge in [0.1, 0.15) is 17.0 Å². The Labute approximate surface area is 111 Å². The highest BCUT2D eigenvalue weighted by Gasteiger charge is 2.20. The average Bonchev–Trinajstić information content (AvgIpc) is 2.34. The van der Waals surface area contributed by atoms with Crippen molar-refractivity contribution >= 4 is 17.4 Å². The minimum Gasteiger partial charge on any atom is -0.473 e. The number of hydrogen-bond donors (Lipinski definition) is 2. The first-order valence-electron chi connectivity index (χ1n) is 5.92. The fourth-order valence-electron chi connectivity index (χ4n) is 1.98. The van der Waals surface area contributed by atoms with E-state index in [-0.39, 0.29) is 11.9 Å². The molecule has 0 radical (unpaired) electrons. The molecule has 0 saturated carbocycles. The molecule has 0 spiro atoms. The van der Waals surface area contributed by atoms with E-state index in [1.54, 1.807) is 12.3 Å². The standard InChI is InChI=1S/C12H17ClN4O/c1-17-6-3-8(4-7-17)18-12-10(13)9(11(14)15)2-5-16-12/h2,5,8H,3-4,6-7H2,1H3,(H3,14,15). The SMILES string of the molecule is CN1CCC(Oc2nccc(C(=N)N)c2Cl)CC1. The van der Waals surface area contributed by atoms with Crippen molar-refractivity contribution in [3.63, 3.8) is 0 Å². The Morgan fingerprint density at radius 2 is 2.22 bits per heavy atom. The number of ether oxygens (including phenoxy) is 1. The van der Waals surface area contributed by atoms with Crippen LogP contribution in [-0.2, 0) is 0 Å². The zero-order valence-electron chi connectivity index (χ0n) is 10.3. The summed E-state index contributed by atoms with van der Waals surface area (Å²) in [5.41, 5.74) is 5.91. The van der Waals surface area contributed by atoms with Gasteiger partial charge in [0, 0.05) is 24.8 Å². The average molecular weight is 269 g/mol. The number of halogens is 1. The second-order valence-electron chi connectivity index (χ2n) is 4.51. The van der Waals surface area contributed by atoms with Crippen molar-refractivity contribution in [1.82, 2.24) is 9.88 Å². The lowest BCUT2D eigenvalue weighted by Crippen LogP contribution is -2.35. The predicted molar refractivity (Wildman–Crippen MR) is 71.4 cm³/mol. The number of amidine groups is 1. The van der Waals surface area contributed by atoms with Crippen molar-refractivity contribution in [2.24, 2.45) is 5.73 Å². The summed E-state index contributed by atoms with van der Waals surface area (Å²) in [4.78, 5) is 6.38. The minimum absolute atomic E-state index is 0.0735. The van der Waals surface area contributed by atoms with Crippen LogP contribution in [0.5, 0.6) is 5.88 Å². The van der Waals surface area contributed by atoms with E-state index < -0.39 is 0 Å². The molecule has 1 saturated heterocycles. The number of aromatic nitrogens is 1. The van der Waals surface area contributed by atoms with Crippen LogP contribution in [0.25, 0.3) is 0 Å². The Hall–Kier alpha value is -1.33. The molecule has 0 amide bonds. The van der Waals surface area contributed by atoms with E-state index in [1.165, 1.54) is 0 Å². The Morgan fingerprint density at radius 1 is 1.56 bits per heavy atom. The maximum absolute atomic E-state index is 7.42. The zero-order valence-corrected chi connectivity index (χ0v) is 11.1. The van der Waals surface area contributed by atoms with Crippen LogP contribution in [0.15, 0.2) is 12.3 Å². The molecule has 1 fully saturated rings. The maximum Gasteiger partial charge on any atom is 0.233 e. The number of nitrogens with zero attached hydrogens (tertiary/aromatic N) is 2. The molecule has 0 aromatic carbocycles. The number of nitrogen functional groups attached to an aromatic ring is 1. The van der Waals surface area contributed by atoms with Crippen LogP contribution in [0.4, 0.5) is 0 Å². The quantitative estimate of drug-likeness (QED) is 0.643. The first-order valence-corrected chi connectivity index (χ1v) is 6.30. The molecule has 0 atom stereocenters. The first kappa shape index (κ1) is 13.1. The van der Waals surface area contributed by atoms with Gasteiger partial charge in [-0.15, -0.1) is 0 Å². The number of rotatable bonds is 3. The molecule has 0 bridgehead atoms. The van der Waals surface area contributed by atoms with Gasteiger partial charge in [-0.05, 0) is 26.0 Å². The number of piperidine rings is 1. The van der Waals surface area contributed by atoms with Crippen molar-refractivity contribution in [2.75, 3.05) is 20.1 Å². The summed E-state index contributed by atoms with van der Waals surface area (Å²) in [7, 11) is 2.10. The van der Waals surface area contributed by atoms with Gasteiger partial charge < -0.3 is 15.4 Å². The monoisotopic (exact) mass is 268 g/mol. The van der Waals surface area contributed by atoms with E-state index in [0.717, 1.165) is 25.9 Å². The van der Waals surface area contributed by atoms with Crippen LogP contribution in [0, 0.1) is 5.41 Å². The molecule has 1 aromatic rings. The van der Waals surface area contributed by atoms with Gasteiger partial charge in [0.25, 0.3) is 0 Å². The molecule has 0 unspecified atom stereocenters. The lowest BCUT2D eigenvalue weighted by molar-refractivity contribution is 0.110. The highest BCUT2D eigenvalue weighted by atomic mass is 35.5. The van der Waals surface area contributed by atoms with Gasteiger partial charge in [-0.3, -0.25) is 5.41 Å². The highest BCUT2D eigenvalue weighted by molar-refractivity contribution is 6.35. The van der Waals surface area contributed by atoms with Gasteiger partial charge in [0.15, 0.2) is 0 Å². The van der Waals surface area contributed by atoms with E-state index in [9.17, 15) is 0 Å². The van der Waals surface area contributed by atoms with Crippen molar-refractivity contribution in [1.29, 1.82) is 5.41 Å². The van der Waals surface area contributed by atoms with E-state index >= 15 is 0 Å². The topological polar surface area (TPSA) is 75.2 Å². The summed E-state index contributed by atoms with van der Waals surface area (Å²) in [5.74, 6) is 0.301. The summed E-state index contributed by atoms with van der Waals surface area (Å²) in [6.45, 7) is 2.02. The van der Waals surface area contributed by atoms with Gasteiger partial charge in [-0.2, -0.15) is 0 Å². The third kappa shape index (κ3) is 2.91. The van der Waals surface area contributed by atoms with E-state index in [2.05, 4.69) is 16.9 Å². The molecular weight excluding hydrogens is 252 g/mol. The molecule has 2 heterocycles. The van der Waals surface area contributed by atoms with E-state index in [4.69, 9.17) is 27.5 Å². The van der Waals surface area contributed by atoms with Gasteiger partial charge in [-0.25, -0.2) is 4.98 Å². The van der Waals surface area contributed by atoms with Crippen molar-refractivity contribution in [3.05, 3.63) is 22.8 Å². The molecule has 6 heteroatoms. The fraction of sp³-hybridized carbons (Fsp3) is 0.500. The molecule has 1 aliphatic rings. The van der Waals surface area contributed by atoms with Crippen molar-refractivity contribution in [3.8, 4) is 5.88 Å². The smallest absolute Gasteiger partial charge is 0.233 e. The molecule has 18 heavy (non-hydrogen) atoms. The molecule has 5 nitrogen and oxygen atoms in total. The van der Waals surface area contributed by atoms with E-state index in [0.29, 0.717) is 16.5 Å². The Kier molecular flexibility index (Phi) is 4.04. The lowest BCUT2D eigenvalue weighted by Gasteiger charge is -2.29. The summed E-state index contributed by atoms with van der Waals surface area (Å²) in [6.07, 6.45) is 3.61. The second kappa shape index (κ2) is 5.54. The number of nitrogens with one attached hydrogen (secondary N) is 1. The number of likely N-dealkylation sites (tertiary alicyclic amines) is 1. The largest absolute Gasteiger partial charge is 0.473 e. The summed E-state index contributed by atoms with van der Waals surface area (Å²) in [5, 5.41) is 7.75. The van der Waals surface area contributed by atoms with Gasteiger partial charge in [0.2, 0.25) is 5.88 Å². The Bertz CT molecular complexity index is 444. The van der Waals surface area contributed by atoms with Crippen LogP contribution in [-0.4, -0.2) is 42.0 Å². The van der Waals surface area contributed by atoms with Crippen molar-refractivity contribution < 1.29 is 4.74 Å². The van der Waals surface area contributed by atoms with Crippen LogP contribution < -0.4 is 10.5 Å². The molecule has 2 rings (SSSR count). The normalized spacial score (nSPS) is 17.7. The number of hydrogen-bond acceptors (Lipinski definition) is 4. The number of pyridine rings is 1. The molecule has 0 aliphatic carbocycles. The summed E-state index contributed by atoms with van der Waals surface area (Å²) in [6, 6.07) is 1.62. The fourth-order valence-corrected chi connectivity index (χ4v) is 2.23. The third-order valence-electron chi connectivity index (χ3n) is 3.09. The van der Waals surface area contributed by atoms with Crippen LogP contribution >= 0.6 is 11.6 Å². The van der Waals surface area contributed by atoms with Gasteiger partial charge >= 0.3 is 0 Å². The first-order chi connectivity index (χ1) is 8.58. The second-order valence-corrected chi connectivity index (χ2v) is 4.89. The zero-order chi connectivity index (χ0) is 13.1. The molecular formula is C12H17ClN4O. The third-order valence-corrected chi connectivity index (χ3v) is 3.46. The molecule has 3 N–H and O–H groups in total. The summed E-state index contributed by atoms with van der Waals surface area (Å²) >= 11 is 6.13. The summed E-state index contributed by atoms with van der Waals surface area (Å²) < 4.78 is 5.80. The van der Waals surface area contributed by atoms with E-state index in [1.807, 2.05) is 0 Å². The van der Waals surface area contributed by atoms with Crippen LogP contribution in [0.2, 0.25) is 5.02 Å². The molecule has 98 valence electrons. The predicted octanol–water partition coefficient (Wildman–Crippen LogP) is 1.49. The minimum atomic E-state index is -0.0735. The van der Waals surface area contributed by atoms with Crippen LogP contribution in [0.1, 0.15) is 18.4 Å². The molecule has 1 aliphatic heterocycles. The molecule has 1 aromatic heterocycles.